The van der Waals surface area contributed by atoms with Crippen molar-refractivity contribution in [2.24, 2.45) is 0 Å². The lowest BCUT2D eigenvalue weighted by atomic mass is 10.1. The first-order chi connectivity index (χ1) is 12.2. The average molecular weight is 369 g/mol. The van der Waals surface area contributed by atoms with E-state index in [1.54, 1.807) is 24.3 Å². The fraction of sp³-hybridized carbons (Fsp3) is 0.312. The van der Waals surface area contributed by atoms with Crippen LogP contribution in [-0.4, -0.2) is 45.3 Å². The van der Waals surface area contributed by atoms with Gasteiger partial charge in [0.2, 0.25) is 0 Å². The summed E-state index contributed by atoms with van der Waals surface area (Å²) in [6.07, 6.45) is -5.00. The van der Waals surface area contributed by atoms with Gasteiger partial charge >= 0.3 is 12.1 Å². The minimum absolute atomic E-state index is 0.0202. The number of carbonyl (C=O) groups is 2. The summed E-state index contributed by atoms with van der Waals surface area (Å²) < 4.78 is 45.9. The molecule has 0 unspecified atom stereocenters. The molecule has 2 heterocycles. The van der Waals surface area contributed by atoms with Gasteiger partial charge in [-0.2, -0.15) is 18.3 Å². The number of hydrogen-bond donors (Lipinski definition) is 1. The van der Waals surface area contributed by atoms with Gasteiger partial charge in [0.25, 0.3) is 5.91 Å². The van der Waals surface area contributed by atoms with Crippen molar-refractivity contribution in [1.29, 1.82) is 0 Å². The Bertz CT molecular complexity index is 859. The number of carboxylic acids is 1. The molecule has 10 heteroatoms. The molecule has 0 saturated heterocycles. The molecule has 1 aromatic carbocycles. The summed E-state index contributed by atoms with van der Waals surface area (Å²) in [7, 11) is 1.50. The van der Waals surface area contributed by atoms with Gasteiger partial charge in [0.1, 0.15) is 17.0 Å². The Hall–Kier alpha value is -3.04. The molecular weight excluding hydrogens is 355 g/mol. The highest BCUT2D eigenvalue weighted by Crippen LogP contribution is 2.36. The van der Waals surface area contributed by atoms with Crippen LogP contribution in [0.2, 0.25) is 0 Å². The van der Waals surface area contributed by atoms with Gasteiger partial charge in [-0.1, -0.05) is 12.1 Å². The fourth-order valence-electron chi connectivity index (χ4n) is 2.83. The number of alkyl halides is 3. The smallest absolute Gasteiger partial charge is 0.421 e. The van der Waals surface area contributed by atoms with Crippen LogP contribution in [0, 0.1) is 0 Å². The number of ether oxygens (including phenoxy) is 1. The van der Waals surface area contributed by atoms with Crippen molar-refractivity contribution in [2.75, 3.05) is 13.7 Å². The van der Waals surface area contributed by atoms with Crippen LogP contribution in [0.25, 0.3) is 0 Å². The number of carboxylic acid groups (broad SMARTS) is 1. The Balaban J connectivity index is 1.95. The molecule has 0 bridgehead atoms. The molecule has 0 saturated carbocycles. The number of aromatic nitrogens is 2. The molecule has 0 atom stereocenters. The van der Waals surface area contributed by atoms with E-state index in [4.69, 9.17) is 9.84 Å². The van der Waals surface area contributed by atoms with E-state index in [2.05, 4.69) is 5.10 Å². The molecule has 0 radical (unpaired) electrons. The minimum atomic E-state index is -5.00. The lowest BCUT2D eigenvalue weighted by Gasteiger charge is -2.28. The Labute approximate surface area is 145 Å². The van der Waals surface area contributed by atoms with E-state index >= 15 is 0 Å². The molecule has 1 N–H and O–H groups in total. The molecule has 2 aromatic rings. The van der Waals surface area contributed by atoms with E-state index in [0.717, 1.165) is 4.68 Å². The summed E-state index contributed by atoms with van der Waals surface area (Å²) in [5.74, 6) is -2.12. The van der Waals surface area contributed by atoms with Gasteiger partial charge in [-0.15, -0.1) is 0 Å². The van der Waals surface area contributed by atoms with Crippen LogP contribution in [0.5, 0.6) is 5.75 Å². The summed E-state index contributed by atoms with van der Waals surface area (Å²) in [6, 6.07) is 6.76. The second-order valence-electron chi connectivity index (χ2n) is 5.67. The summed E-state index contributed by atoms with van der Waals surface area (Å²) in [5.41, 5.74) is -2.70. The van der Waals surface area contributed by atoms with E-state index in [-0.39, 0.29) is 19.6 Å². The summed E-state index contributed by atoms with van der Waals surface area (Å²) in [4.78, 5) is 24.9. The maximum atomic E-state index is 13.3. The number of hydrogen-bond acceptors (Lipinski definition) is 4. The van der Waals surface area contributed by atoms with Crippen LogP contribution in [0.4, 0.5) is 13.2 Å². The number of fused-ring (bicyclic) bond motifs is 1. The molecule has 7 nitrogen and oxygen atoms in total. The van der Waals surface area contributed by atoms with Gasteiger partial charge in [0.05, 0.1) is 13.7 Å². The van der Waals surface area contributed by atoms with Crippen LogP contribution in [0.1, 0.15) is 32.1 Å². The van der Waals surface area contributed by atoms with Crippen molar-refractivity contribution in [2.45, 2.75) is 19.3 Å². The monoisotopic (exact) mass is 369 g/mol. The number of methoxy groups -OCH3 is 1. The number of amides is 1. The van der Waals surface area contributed by atoms with Crippen LogP contribution in [0.15, 0.2) is 24.3 Å². The fourth-order valence-corrected chi connectivity index (χ4v) is 2.83. The Morgan fingerprint density at radius 1 is 1.27 bits per heavy atom. The number of aromatic carboxylic acids is 1. The van der Waals surface area contributed by atoms with Crippen LogP contribution in [0.3, 0.4) is 0 Å². The highest BCUT2D eigenvalue weighted by Gasteiger charge is 2.46. The number of benzene rings is 1. The van der Waals surface area contributed by atoms with Crippen molar-refractivity contribution < 1.29 is 32.6 Å². The predicted molar refractivity (Wildman–Crippen MR) is 81.9 cm³/mol. The quantitative estimate of drug-likeness (QED) is 0.894. The van der Waals surface area contributed by atoms with Crippen LogP contribution >= 0.6 is 0 Å². The molecular formula is C16H14F3N3O4. The zero-order chi connectivity index (χ0) is 19.1. The topological polar surface area (TPSA) is 84.7 Å². The third-order valence-corrected chi connectivity index (χ3v) is 4.04. The molecule has 26 heavy (non-hydrogen) atoms. The van der Waals surface area contributed by atoms with Crippen molar-refractivity contribution in [3.63, 3.8) is 0 Å². The van der Waals surface area contributed by atoms with Gasteiger partial charge in [-0.25, -0.2) is 4.79 Å². The number of rotatable bonds is 4. The molecule has 3 rings (SSSR count). The van der Waals surface area contributed by atoms with Gasteiger partial charge in [0, 0.05) is 13.1 Å². The summed E-state index contributed by atoms with van der Waals surface area (Å²) >= 11 is 0. The maximum absolute atomic E-state index is 13.3. The van der Waals surface area contributed by atoms with Crippen molar-refractivity contribution in [3.05, 3.63) is 46.8 Å². The largest absolute Gasteiger partial charge is 0.497 e. The third kappa shape index (κ3) is 3.09. The van der Waals surface area contributed by atoms with Crippen molar-refractivity contribution in [1.82, 2.24) is 14.7 Å². The molecule has 1 aliphatic heterocycles. The first-order valence-electron chi connectivity index (χ1n) is 7.56. The van der Waals surface area contributed by atoms with E-state index in [9.17, 15) is 22.8 Å². The Morgan fingerprint density at radius 2 is 1.92 bits per heavy atom. The number of halogens is 3. The van der Waals surface area contributed by atoms with E-state index in [1.807, 2.05) is 0 Å². The molecule has 0 fully saturated rings. The second kappa shape index (κ2) is 6.36. The van der Waals surface area contributed by atoms with E-state index < -0.39 is 35.0 Å². The first kappa shape index (κ1) is 17.8. The van der Waals surface area contributed by atoms with Gasteiger partial charge in [-0.3, -0.25) is 9.48 Å². The van der Waals surface area contributed by atoms with Gasteiger partial charge in [0.15, 0.2) is 5.69 Å². The highest BCUT2D eigenvalue weighted by atomic mass is 19.4. The summed E-state index contributed by atoms with van der Waals surface area (Å²) in [6.45, 7) is 0.192. The zero-order valence-electron chi connectivity index (χ0n) is 13.6. The van der Waals surface area contributed by atoms with Crippen LogP contribution in [-0.2, 0) is 19.3 Å². The molecule has 1 amide bonds. The number of carbonyl (C=O) groups excluding carboxylic acids is 1. The average Bonchev–Trinajstić information content (AvgIpc) is 2.99. The summed E-state index contributed by atoms with van der Waals surface area (Å²) in [5, 5.41) is 12.5. The number of nitrogens with zero attached hydrogens (tertiary/aromatic N) is 3. The van der Waals surface area contributed by atoms with Crippen LogP contribution < -0.4 is 4.74 Å². The highest BCUT2D eigenvalue weighted by molar-refractivity contribution is 5.99. The Kier molecular flexibility index (Phi) is 4.34. The molecule has 0 aliphatic carbocycles. The third-order valence-electron chi connectivity index (χ3n) is 4.04. The molecule has 1 aromatic heterocycles. The van der Waals surface area contributed by atoms with Gasteiger partial charge < -0.3 is 14.7 Å². The van der Waals surface area contributed by atoms with E-state index in [1.165, 1.54) is 12.0 Å². The predicted octanol–water partition coefficient (Wildman–Crippen LogP) is 2.26. The SMILES string of the molecule is COc1ccc(CN2CCn3nc(C(=O)O)c(C(F)(F)F)c3C2=O)cc1. The van der Waals surface area contributed by atoms with Crippen molar-refractivity contribution in [3.8, 4) is 5.75 Å². The van der Waals surface area contributed by atoms with Crippen molar-refractivity contribution >= 4 is 11.9 Å². The normalized spacial score (nSPS) is 14.3. The van der Waals surface area contributed by atoms with E-state index in [0.29, 0.717) is 11.3 Å². The lowest BCUT2D eigenvalue weighted by Crippen LogP contribution is -2.40. The minimum Gasteiger partial charge on any atom is -0.497 e. The zero-order valence-corrected chi connectivity index (χ0v) is 13.6. The standard InChI is InChI=1S/C16H14F3N3O4/c1-26-10-4-2-9(3-5-10)8-21-6-7-22-13(14(21)23)11(16(17,18)19)12(20-22)15(24)25/h2-5H,6-8H2,1H3,(H,24,25). The molecule has 0 spiro atoms. The van der Waals surface area contributed by atoms with Gasteiger partial charge in [-0.05, 0) is 17.7 Å². The molecule has 138 valence electrons. The lowest BCUT2D eigenvalue weighted by molar-refractivity contribution is -0.138. The first-order valence-corrected chi connectivity index (χ1v) is 7.56. The molecule has 1 aliphatic rings. The Morgan fingerprint density at radius 3 is 2.46 bits per heavy atom. The maximum Gasteiger partial charge on any atom is 0.421 e. The second-order valence-corrected chi connectivity index (χ2v) is 5.67.